The molecule has 3 aliphatic rings. The highest BCUT2D eigenvalue weighted by molar-refractivity contribution is 6.07. The summed E-state index contributed by atoms with van der Waals surface area (Å²) in [6, 6.07) is 2.92. The number of urea groups is 1. The summed E-state index contributed by atoms with van der Waals surface area (Å²) in [6.07, 6.45) is 3.63. The van der Waals surface area contributed by atoms with Crippen LogP contribution in [0.1, 0.15) is 43.2 Å². The van der Waals surface area contributed by atoms with Crippen LogP contribution in [0.15, 0.2) is 12.1 Å². The molecule has 1 aliphatic carbocycles. The maximum atomic E-state index is 14.6. The van der Waals surface area contributed by atoms with Crippen molar-refractivity contribution >= 4 is 23.5 Å². The molecule has 2 aliphatic heterocycles. The minimum Gasteiger partial charge on any atom is -0.324 e. The number of hydrogen-bond acceptors (Lipinski definition) is 4. The second-order valence-electron chi connectivity index (χ2n) is 7.47. The van der Waals surface area contributed by atoms with Crippen LogP contribution >= 0.6 is 0 Å². The third-order valence-corrected chi connectivity index (χ3v) is 5.75. The molecule has 2 heterocycles. The van der Waals surface area contributed by atoms with E-state index in [4.69, 9.17) is 0 Å². The van der Waals surface area contributed by atoms with Crippen molar-refractivity contribution in [1.82, 2.24) is 15.5 Å². The van der Waals surface area contributed by atoms with Crippen LogP contribution in [0.2, 0.25) is 0 Å². The summed E-state index contributed by atoms with van der Waals surface area (Å²) in [5.74, 6) is -1.07. The maximum absolute atomic E-state index is 14.6. The Labute approximate surface area is 156 Å². The molecule has 8 heteroatoms. The van der Waals surface area contributed by atoms with E-state index in [2.05, 4.69) is 16.0 Å². The van der Waals surface area contributed by atoms with Crippen LogP contribution in [0.4, 0.5) is 14.9 Å². The van der Waals surface area contributed by atoms with Gasteiger partial charge in [0.25, 0.3) is 5.91 Å². The largest absolute Gasteiger partial charge is 0.325 e. The second kappa shape index (κ2) is 6.92. The van der Waals surface area contributed by atoms with E-state index in [1.54, 1.807) is 6.07 Å². The molecule has 4 rings (SSSR count). The number of rotatable bonds is 4. The lowest BCUT2D eigenvalue weighted by atomic mass is 9.98. The summed E-state index contributed by atoms with van der Waals surface area (Å²) in [6.45, 7) is 1.32. The summed E-state index contributed by atoms with van der Waals surface area (Å²) in [5.41, 5.74) is 0.901. The van der Waals surface area contributed by atoms with E-state index in [9.17, 15) is 18.8 Å². The molecule has 3 N–H and O–H groups in total. The number of imide groups is 1. The van der Waals surface area contributed by atoms with Crippen LogP contribution in [0, 0.1) is 5.82 Å². The first-order valence-electron chi connectivity index (χ1n) is 9.45. The maximum Gasteiger partial charge on any atom is 0.325 e. The van der Waals surface area contributed by atoms with Crippen molar-refractivity contribution in [2.75, 3.05) is 18.4 Å². The van der Waals surface area contributed by atoms with Gasteiger partial charge in [-0.25, -0.2) is 9.18 Å². The summed E-state index contributed by atoms with van der Waals surface area (Å²) < 4.78 is 14.6. The molecule has 7 nitrogen and oxygen atoms in total. The Morgan fingerprint density at radius 2 is 2.04 bits per heavy atom. The van der Waals surface area contributed by atoms with Gasteiger partial charge in [-0.1, -0.05) is 18.9 Å². The normalized spacial score (nSPS) is 20.7. The quantitative estimate of drug-likeness (QED) is 0.699. The average Bonchev–Trinajstić information content (AvgIpc) is 3.22. The highest BCUT2D eigenvalue weighted by Gasteiger charge is 2.52. The van der Waals surface area contributed by atoms with E-state index >= 15 is 0 Å². The third kappa shape index (κ3) is 3.18. The molecule has 144 valence electrons. The van der Waals surface area contributed by atoms with Crippen molar-refractivity contribution in [3.05, 3.63) is 29.1 Å². The number of halogens is 1. The highest BCUT2D eigenvalue weighted by Crippen LogP contribution is 2.35. The molecule has 4 amide bonds. The summed E-state index contributed by atoms with van der Waals surface area (Å²) in [5, 5.41) is 8.54. The van der Waals surface area contributed by atoms with Crippen molar-refractivity contribution in [2.45, 2.75) is 50.6 Å². The van der Waals surface area contributed by atoms with Gasteiger partial charge < -0.3 is 16.0 Å². The van der Waals surface area contributed by atoms with E-state index in [1.165, 1.54) is 0 Å². The molecule has 27 heavy (non-hydrogen) atoms. The Balaban J connectivity index is 1.38. The first kappa shape index (κ1) is 17.9. The monoisotopic (exact) mass is 374 g/mol. The fraction of sp³-hybridized carbons (Fsp3) is 0.526. The van der Waals surface area contributed by atoms with Crippen molar-refractivity contribution in [3.8, 4) is 0 Å². The molecule has 0 radical (unpaired) electrons. The summed E-state index contributed by atoms with van der Waals surface area (Å²) in [4.78, 5) is 38.1. The number of carbonyl (C=O) groups excluding carboxylic acids is 3. The van der Waals surface area contributed by atoms with Crippen molar-refractivity contribution in [1.29, 1.82) is 0 Å². The zero-order chi connectivity index (χ0) is 19.0. The average molecular weight is 374 g/mol. The molecule has 1 aromatic rings. The zero-order valence-corrected chi connectivity index (χ0v) is 15.1. The van der Waals surface area contributed by atoms with E-state index < -0.39 is 23.3 Å². The molecule has 0 atom stereocenters. The molecule has 2 fully saturated rings. The second-order valence-corrected chi connectivity index (χ2v) is 7.47. The van der Waals surface area contributed by atoms with Gasteiger partial charge in [0.2, 0.25) is 5.91 Å². The first-order valence-corrected chi connectivity index (χ1v) is 9.45. The molecule has 1 spiro atoms. The van der Waals surface area contributed by atoms with Gasteiger partial charge >= 0.3 is 6.03 Å². The Morgan fingerprint density at radius 3 is 2.81 bits per heavy atom. The number of fused-ring (bicyclic) bond motifs is 1. The van der Waals surface area contributed by atoms with Crippen LogP contribution in [0.3, 0.4) is 0 Å². The minimum absolute atomic E-state index is 0.00523. The van der Waals surface area contributed by atoms with Gasteiger partial charge in [0.15, 0.2) is 0 Å². The standard InChI is InChI=1S/C19H23FN4O3/c20-16-13-5-9-21-11-12(13)3-4-14(16)22-15(25)6-10-24-17(26)19(23-18(24)27)7-1-2-8-19/h3-4,21H,1-2,5-11H2,(H,22,25)(H,23,27). The number of benzene rings is 1. The van der Waals surface area contributed by atoms with Crippen LogP contribution in [-0.4, -0.2) is 41.4 Å². The Kier molecular flexibility index (Phi) is 4.59. The molecular weight excluding hydrogens is 351 g/mol. The van der Waals surface area contributed by atoms with E-state index in [-0.39, 0.29) is 24.6 Å². The molecular formula is C19H23FN4O3. The summed E-state index contributed by atoms with van der Waals surface area (Å²) >= 11 is 0. The van der Waals surface area contributed by atoms with Gasteiger partial charge in [0.05, 0.1) is 5.69 Å². The smallest absolute Gasteiger partial charge is 0.324 e. The lowest BCUT2D eigenvalue weighted by Gasteiger charge is -2.20. The Hall–Kier alpha value is -2.48. The van der Waals surface area contributed by atoms with Gasteiger partial charge in [-0.05, 0) is 43.0 Å². The molecule has 1 aromatic carbocycles. The molecule has 0 aromatic heterocycles. The van der Waals surface area contributed by atoms with E-state index in [0.717, 1.165) is 23.3 Å². The molecule has 1 saturated heterocycles. The lowest BCUT2D eigenvalue weighted by molar-refractivity contribution is -0.131. The van der Waals surface area contributed by atoms with Crippen LogP contribution in [0.25, 0.3) is 0 Å². The molecule has 1 saturated carbocycles. The number of carbonyl (C=O) groups is 3. The van der Waals surface area contributed by atoms with Crippen molar-refractivity contribution in [3.63, 3.8) is 0 Å². The van der Waals surface area contributed by atoms with Crippen molar-refractivity contribution in [2.24, 2.45) is 0 Å². The topological polar surface area (TPSA) is 90.5 Å². The minimum atomic E-state index is -0.772. The van der Waals surface area contributed by atoms with Gasteiger partial charge in [0.1, 0.15) is 11.4 Å². The predicted octanol–water partition coefficient (Wildman–Crippen LogP) is 1.66. The Morgan fingerprint density at radius 1 is 1.26 bits per heavy atom. The van der Waals surface area contributed by atoms with Crippen LogP contribution in [-0.2, 0) is 22.6 Å². The Bertz CT molecular complexity index is 804. The highest BCUT2D eigenvalue weighted by atomic mass is 19.1. The third-order valence-electron chi connectivity index (χ3n) is 5.75. The van der Waals surface area contributed by atoms with Gasteiger partial charge in [0, 0.05) is 19.5 Å². The zero-order valence-electron chi connectivity index (χ0n) is 15.1. The van der Waals surface area contributed by atoms with Crippen molar-refractivity contribution < 1.29 is 18.8 Å². The molecule has 0 unspecified atom stereocenters. The van der Waals surface area contributed by atoms with E-state index in [0.29, 0.717) is 37.9 Å². The number of nitrogens with one attached hydrogen (secondary N) is 3. The van der Waals surface area contributed by atoms with Crippen LogP contribution in [0.5, 0.6) is 0 Å². The number of amides is 4. The van der Waals surface area contributed by atoms with Gasteiger partial charge in [-0.15, -0.1) is 0 Å². The number of nitrogens with zero attached hydrogens (tertiary/aromatic N) is 1. The lowest BCUT2D eigenvalue weighted by Crippen LogP contribution is -2.44. The first-order chi connectivity index (χ1) is 13.0. The number of anilines is 1. The SMILES string of the molecule is O=C(CCN1C(=O)NC2(CCCC2)C1=O)Nc1ccc2c(c1F)CCNC2. The van der Waals surface area contributed by atoms with E-state index in [1.807, 2.05) is 6.07 Å². The molecule has 0 bridgehead atoms. The fourth-order valence-corrected chi connectivity index (χ4v) is 4.25. The van der Waals surface area contributed by atoms with Crippen LogP contribution < -0.4 is 16.0 Å². The van der Waals surface area contributed by atoms with Gasteiger partial charge in [-0.2, -0.15) is 0 Å². The van der Waals surface area contributed by atoms with Gasteiger partial charge in [-0.3, -0.25) is 14.5 Å². The summed E-state index contributed by atoms with van der Waals surface area (Å²) in [7, 11) is 0. The number of hydrogen-bond donors (Lipinski definition) is 3. The fourth-order valence-electron chi connectivity index (χ4n) is 4.25. The predicted molar refractivity (Wildman–Crippen MR) is 96.5 cm³/mol.